The van der Waals surface area contributed by atoms with E-state index >= 15 is 0 Å². The zero-order valence-electron chi connectivity index (χ0n) is 71.1. The van der Waals surface area contributed by atoms with Gasteiger partial charge in [-0.3, -0.25) is 0 Å². The van der Waals surface area contributed by atoms with E-state index in [1.165, 1.54) is 96.6 Å². The molecule has 0 spiro atoms. The van der Waals surface area contributed by atoms with Gasteiger partial charge in [-0.05, 0) is 160 Å². The summed E-state index contributed by atoms with van der Waals surface area (Å²) in [5.41, 5.74) is 29.5. The van der Waals surface area contributed by atoms with Crippen molar-refractivity contribution in [3.63, 3.8) is 0 Å². The molecule has 5 aromatic heterocycles. The number of benzene rings is 20. The van der Waals surface area contributed by atoms with Gasteiger partial charge in [0.2, 0.25) is 0 Å². The lowest BCUT2D eigenvalue weighted by Crippen LogP contribution is -1.97. The minimum atomic E-state index is 0.677. The van der Waals surface area contributed by atoms with Crippen molar-refractivity contribution in [1.29, 1.82) is 0 Å². The maximum atomic E-state index is 5.43. The molecule has 0 saturated heterocycles. The fourth-order valence-electron chi connectivity index (χ4n) is 19.0. The molecule has 0 atom stereocenters. The van der Waals surface area contributed by atoms with Gasteiger partial charge in [0.1, 0.15) is 0 Å². The van der Waals surface area contributed by atoms with Crippen molar-refractivity contribution in [2.75, 3.05) is 0 Å². The third-order valence-electron chi connectivity index (χ3n) is 25.6. The molecule has 0 radical (unpaired) electrons. The molecule has 0 bridgehead atoms. The monoisotopic (exact) mass is 1680 g/mol. The quantitative estimate of drug-likeness (QED) is 0.101. The van der Waals surface area contributed by atoms with Crippen LogP contribution in [0, 0.1) is 0 Å². The summed E-state index contributed by atoms with van der Waals surface area (Å²) in [6.45, 7) is 0. The summed E-state index contributed by atoms with van der Waals surface area (Å²) in [5, 5.41) is 16.9. The van der Waals surface area contributed by atoms with Gasteiger partial charge in [0, 0.05) is 97.0 Å². The van der Waals surface area contributed by atoms with Gasteiger partial charge >= 0.3 is 0 Å². The largest absolute Gasteiger partial charge is 0.247 e. The van der Waals surface area contributed by atoms with Gasteiger partial charge in [-0.1, -0.05) is 413 Å². The molecule has 131 heavy (non-hydrogen) atoms. The number of pyridine rings is 2. The molecule has 0 fully saturated rings. The number of rotatable bonds is 14. The Kier molecular flexibility index (Phi) is 19.7. The average Bonchev–Trinajstić information content (AvgIpc) is 1.73. The molecule has 25 rings (SSSR count). The van der Waals surface area contributed by atoms with Crippen molar-refractivity contribution in [3.05, 3.63) is 473 Å². The standard InChI is InChI=1S/C63H39N3S.C61H39N3/c1-3-13-40(14-4-1)47-18-11-19-49(37-47)58-39-57(65-63(66-58)46-16-5-2-6-17-46)44-29-31-45(32-30-44)61-54-35-33-42-15-7-8-20-50(42)60(54)55-38-48(34-36-56(55)64-61)41-25-27-43(28-26-41)51-22-12-23-53-52-21-9-10-24-59(52)67-62(51)53;1-3-14-40(15-4-1)46-21-11-23-49(36-46)58-39-57(63-61(64-58)50-24-12-22-47(37-50)41-16-5-2-6-17-41)44-28-30-45(31-29-44)60-54-34-32-43-19-8-10-26-53(43)59(54)55-38-48(33-35-56(55)62-60)52-27-13-20-42-18-7-9-25-51(42)52/h1-39H;1-39H. The van der Waals surface area contributed by atoms with E-state index in [2.05, 4.69) is 443 Å². The van der Waals surface area contributed by atoms with Gasteiger partial charge in [0.05, 0.1) is 45.2 Å². The second-order valence-corrected chi connectivity index (χ2v) is 34.5. The molecule has 0 saturated carbocycles. The molecular weight excluding hydrogens is 1610 g/mol. The Bertz CT molecular complexity index is 8640. The Labute approximate surface area is 761 Å². The van der Waals surface area contributed by atoms with Gasteiger partial charge in [-0.15, -0.1) is 11.3 Å². The molecule has 0 unspecified atom stereocenters. The highest BCUT2D eigenvalue weighted by atomic mass is 32.1. The van der Waals surface area contributed by atoms with Crippen LogP contribution in [0.2, 0.25) is 0 Å². The maximum Gasteiger partial charge on any atom is 0.160 e. The molecule has 0 aliphatic heterocycles. The van der Waals surface area contributed by atoms with Crippen LogP contribution in [0.1, 0.15) is 0 Å². The molecule has 0 aliphatic carbocycles. The first kappa shape index (κ1) is 77.5. The number of fused-ring (bicyclic) bond motifs is 14. The van der Waals surface area contributed by atoms with Crippen molar-refractivity contribution in [3.8, 4) is 157 Å². The number of nitrogens with zero attached hydrogens (tertiary/aromatic N) is 6. The van der Waals surface area contributed by atoms with Crippen molar-refractivity contribution in [2.45, 2.75) is 0 Å². The van der Waals surface area contributed by atoms with Crippen LogP contribution < -0.4 is 0 Å². The smallest absolute Gasteiger partial charge is 0.160 e. The maximum absolute atomic E-state index is 5.43. The highest BCUT2D eigenvalue weighted by molar-refractivity contribution is 7.26. The lowest BCUT2D eigenvalue weighted by Gasteiger charge is -2.15. The molecule has 610 valence electrons. The minimum absolute atomic E-state index is 0.677. The van der Waals surface area contributed by atoms with Crippen LogP contribution in [0.25, 0.3) is 253 Å². The minimum Gasteiger partial charge on any atom is -0.247 e. The number of hydrogen-bond donors (Lipinski definition) is 0. The highest BCUT2D eigenvalue weighted by Gasteiger charge is 2.22. The summed E-state index contributed by atoms with van der Waals surface area (Å²) in [5.74, 6) is 1.37. The van der Waals surface area contributed by atoms with E-state index in [4.69, 9.17) is 29.9 Å². The fourth-order valence-corrected chi connectivity index (χ4v) is 20.2. The van der Waals surface area contributed by atoms with Crippen LogP contribution in [0.15, 0.2) is 473 Å². The molecule has 0 aliphatic rings. The molecule has 5 heterocycles. The van der Waals surface area contributed by atoms with Crippen LogP contribution in [0.5, 0.6) is 0 Å². The van der Waals surface area contributed by atoms with E-state index in [9.17, 15) is 0 Å². The molecule has 0 N–H and O–H groups in total. The van der Waals surface area contributed by atoms with E-state index in [-0.39, 0.29) is 0 Å². The van der Waals surface area contributed by atoms with E-state index in [1.54, 1.807) is 0 Å². The molecular formula is C124H78N6S. The zero-order chi connectivity index (χ0) is 86.7. The van der Waals surface area contributed by atoms with E-state index in [1.807, 2.05) is 41.7 Å². The number of aromatic nitrogens is 6. The van der Waals surface area contributed by atoms with Crippen molar-refractivity contribution in [2.24, 2.45) is 0 Å². The Hall–Kier alpha value is -17.1. The Balaban J connectivity index is 0.000000145. The molecule has 20 aromatic carbocycles. The summed E-state index contributed by atoms with van der Waals surface area (Å²) in [6.07, 6.45) is 0. The molecule has 25 aromatic rings. The summed E-state index contributed by atoms with van der Waals surface area (Å²) in [4.78, 5) is 31.7. The summed E-state index contributed by atoms with van der Waals surface area (Å²) < 4.78 is 2.65. The first-order valence-electron chi connectivity index (χ1n) is 44.4. The van der Waals surface area contributed by atoms with Gasteiger partial charge < -0.3 is 0 Å². The van der Waals surface area contributed by atoms with E-state index < -0.39 is 0 Å². The van der Waals surface area contributed by atoms with Gasteiger partial charge in [0.15, 0.2) is 11.6 Å². The second-order valence-electron chi connectivity index (χ2n) is 33.5. The third kappa shape index (κ3) is 14.7. The van der Waals surface area contributed by atoms with Crippen molar-refractivity contribution >= 4 is 107 Å². The van der Waals surface area contributed by atoms with Crippen LogP contribution in [-0.2, 0) is 0 Å². The third-order valence-corrected chi connectivity index (χ3v) is 26.8. The molecule has 6 nitrogen and oxygen atoms in total. The predicted octanol–water partition coefficient (Wildman–Crippen LogP) is 33.5. The molecule has 7 heteroatoms. The van der Waals surface area contributed by atoms with Gasteiger partial charge in [-0.25, -0.2) is 29.9 Å². The molecule has 0 amide bonds. The van der Waals surface area contributed by atoms with Crippen LogP contribution >= 0.6 is 11.3 Å². The van der Waals surface area contributed by atoms with Crippen LogP contribution in [-0.4, -0.2) is 29.9 Å². The van der Waals surface area contributed by atoms with Gasteiger partial charge in [0.25, 0.3) is 0 Å². The summed E-state index contributed by atoms with van der Waals surface area (Å²) in [7, 11) is 0. The lowest BCUT2D eigenvalue weighted by atomic mass is 9.92. The summed E-state index contributed by atoms with van der Waals surface area (Å²) >= 11 is 1.87. The second kappa shape index (κ2) is 33.3. The van der Waals surface area contributed by atoms with E-state index in [0.29, 0.717) is 11.6 Å². The predicted molar refractivity (Wildman–Crippen MR) is 551 cm³/mol. The van der Waals surface area contributed by atoms with Crippen LogP contribution in [0.4, 0.5) is 0 Å². The SMILES string of the molecule is c1ccc(-c2cccc(-c3cc(-c4ccc(-c5nc6ccc(-c7ccc(-c8cccc9c8sc8ccccc89)cc7)cc6c6c5ccc5ccccc56)cc4)nc(-c4ccccc4)n3)c2)cc1.c1ccc(-c2cccc(-c3cc(-c4ccc(-c5nc6ccc(-c7cccc8ccccc78)cc6c6c5ccc5ccccc56)cc4)nc(-c4cccc(-c5ccccc5)c4)n3)c2)cc1. The Morgan fingerprint density at radius 2 is 0.481 bits per heavy atom. The first-order valence-corrected chi connectivity index (χ1v) is 45.2. The average molecular weight is 1680 g/mol. The fraction of sp³-hybridized carbons (Fsp3) is 0. The lowest BCUT2D eigenvalue weighted by molar-refractivity contribution is 1.18. The van der Waals surface area contributed by atoms with Crippen molar-refractivity contribution < 1.29 is 0 Å². The normalized spacial score (nSPS) is 11.5. The topological polar surface area (TPSA) is 77.3 Å². The first-order chi connectivity index (χ1) is 64.9. The van der Waals surface area contributed by atoms with Crippen molar-refractivity contribution in [1.82, 2.24) is 29.9 Å². The Morgan fingerprint density at radius 1 is 0.153 bits per heavy atom. The van der Waals surface area contributed by atoms with E-state index in [0.717, 1.165) is 145 Å². The van der Waals surface area contributed by atoms with Crippen LogP contribution in [0.3, 0.4) is 0 Å². The number of hydrogen-bond acceptors (Lipinski definition) is 7. The zero-order valence-corrected chi connectivity index (χ0v) is 71.9. The highest BCUT2D eigenvalue weighted by Crippen LogP contribution is 2.46. The number of thiophene rings is 1. The summed E-state index contributed by atoms with van der Waals surface area (Å²) in [6, 6.07) is 169. The Morgan fingerprint density at radius 3 is 1.01 bits per heavy atom. The van der Waals surface area contributed by atoms with Gasteiger partial charge in [-0.2, -0.15) is 0 Å².